The van der Waals surface area contributed by atoms with E-state index >= 15 is 0 Å². The molecular formula is C10H11ClN2O. The largest absolute Gasteiger partial charge is 0.493 e. The third kappa shape index (κ3) is 1.55. The van der Waals surface area contributed by atoms with Crippen LogP contribution in [0, 0.1) is 5.41 Å². The number of benzene rings is 1. The Morgan fingerprint density at radius 2 is 2.29 bits per heavy atom. The molecule has 0 atom stereocenters. The lowest BCUT2D eigenvalue weighted by Crippen LogP contribution is -2.17. The molecule has 0 saturated heterocycles. The van der Waals surface area contributed by atoms with Gasteiger partial charge in [-0.25, -0.2) is 0 Å². The van der Waals surface area contributed by atoms with Gasteiger partial charge in [0.1, 0.15) is 11.6 Å². The quantitative estimate of drug-likeness (QED) is 0.550. The first-order valence-electron chi connectivity index (χ1n) is 4.48. The second-order valence-electron chi connectivity index (χ2n) is 3.31. The maximum atomic E-state index is 7.41. The van der Waals surface area contributed by atoms with Gasteiger partial charge in [0.2, 0.25) is 0 Å². The van der Waals surface area contributed by atoms with Crippen molar-refractivity contribution < 1.29 is 4.74 Å². The van der Waals surface area contributed by atoms with Crippen LogP contribution in [0.3, 0.4) is 0 Å². The van der Waals surface area contributed by atoms with Gasteiger partial charge >= 0.3 is 0 Å². The molecule has 1 aliphatic rings. The Kier molecular flexibility index (Phi) is 2.33. The molecule has 0 unspecified atom stereocenters. The minimum Gasteiger partial charge on any atom is -0.493 e. The van der Waals surface area contributed by atoms with E-state index in [1.165, 1.54) is 0 Å². The van der Waals surface area contributed by atoms with E-state index in [2.05, 4.69) is 0 Å². The van der Waals surface area contributed by atoms with Gasteiger partial charge in [-0.15, -0.1) is 0 Å². The van der Waals surface area contributed by atoms with Crippen LogP contribution in [0.2, 0.25) is 5.02 Å². The van der Waals surface area contributed by atoms with Gasteiger partial charge in [0.25, 0.3) is 0 Å². The van der Waals surface area contributed by atoms with Crippen molar-refractivity contribution in [3.63, 3.8) is 0 Å². The Hall–Kier alpha value is -1.22. The summed E-state index contributed by atoms with van der Waals surface area (Å²) in [5.41, 5.74) is 7.11. The molecule has 14 heavy (non-hydrogen) atoms. The number of nitrogen functional groups attached to an aromatic ring is 1. The first-order chi connectivity index (χ1) is 6.68. The van der Waals surface area contributed by atoms with Crippen molar-refractivity contribution in [3.05, 3.63) is 28.3 Å². The second kappa shape index (κ2) is 3.50. The topological polar surface area (TPSA) is 59.1 Å². The number of nitrogens with one attached hydrogen (secondary N) is 1. The highest BCUT2D eigenvalue weighted by Crippen LogP contribution is 2.31. The lowest BCUT2D eigenvalue weighted by atomic mass is 10.0. The van der Waals surface area contributed by atoms with Gasteiger partial charge in [-0.05, 0) is 30.5 Å². The highest BCUT2D eigenvalue weighted by molar-refractivity contribution is 6.31. The van der Waals surface area contributed by atoms with Gasteiger partial charge in [0.15, 0.2) is 0 Å². The molecule has 0 radical (unpaired) electrons. The molecule has 3 nitrogen and oxygen atoms in total. The number of fused-ring (bicyclic) bond motifs is 1. The SMILES string of the molecule is N=C(N)c1cc(Cl)cc2c1OCCC2. The van der Waals surface area contributed by atoms with E-state index in [1.54, 1.807) is 6.07 Å². The van der Waals surface area contributed by atoms with E-state index in [0.29, 0.717) is 17.2 Å². The standard InChI is InChI=1S/C10H11ClN2O/c11-7-4-6-2-1-3-14-9(6)8(5-7)10(12)13/h4-5H,1-3H2,(H3,12,13). The molecule has 4 heteroatoms. The molecule has 0 fully saturated rings. The number of halogens is 1. The Balaban J connectivity index is 2.58. The van der Waals surface area contributed by atoms with Crippen LogP contribution in [0.4, 0.5) is 0 Å². The predicted octanol–water partition coefficient (Wildman–Crippen LogP) is 1.95. The van der Waals surface area contributed by atoms with Crippen molar-refractivity contribution in [3.8, 4) is 5.75 Å². The Labute approximate surface area is 87.3 Å². The third-order valence-corrected chi connectivity index (χ3v) is 2.48. The van der Waals surface area contributed by atoms with Crippen LogP contribution in [0.1, 0.15) is 17.5 Å². The van der Waals surface area contributed by atoms with Crippen molar-refractivity contribution in [1.82, 2.24) is 0 Å². The van der Waals surface area contributed by atoms with E-state index in [1.807, 2.05) is 6.07 Å². The van der Waals surface area contributed by atoms with Crippen molar-refractivity contribution >= 4 is 17.4 Å². The molecule has 1 aliphatic heterocycles. The Morgan fingerprint density at radius 3 is 3.00 bits per heavy atom. The maximum absolute atomic E-state index is 7.41. The fourth-order valence-corrected chi connectivity index (χ4v) is 1.88. The van der Waals surface area contributed by atoms with E-state index in [4.69, 9.17) is 27.5 Å². The van der Waals surface area contributed by atoms with Gasteiger partial charge in [-0.3, -0.25) is 5.41 Å². The monoisotopic (exact) mass is 210 g/mol. The number of amidine groups is 1. The molecule has 3 N–H and O–H groups in total. The molecule has 0 amide bonds. The van der Waals surface area contributed by atoms with Crippen LogP contribution in [0.25, 0.3) is 0 Å². The van der Waals surface area contributed by atoms with Crippen LogP contribution in [0.5, 0.6) is 5.75 Å². The number of ether oxygens (including phenoxy) is 1. The zero-order valence-corrected chi connectivity index (χ0v) is 8.40. The molecule has 1 aromatic rings. The maximum Gasteiger partial charge on any atom is 0.133 e. The molecular weight excluding hydrogens is 200 g/mol. The lowest BCUT2D eigenvalue weighted by Gasteiger charge is -2.20. The molecule has 0 spiro atoms. The average molecular weight is 211 g/mol. The number of hydrogen-bond donors (Lipinski definition) is 2. The van der Waals surface area contributed by atoms with Gasteiger partial charge in [0, 0.05) is 5.02 Å². The summed E-state index contributed by atoms with van der Waals surface area (Å²) >= 11 is 5.92. The van der Waals surface area contributed by atoms with Gasteiger partial charge < -0.3 is 10.5 Å². The molecule has 0 bridgehead atoms. The predicted molar refractivity (Wildman–Crippen MR) is 56.3 cm³/mol. The van der Waals surface area contributed by atoms with E-state index in [-0.39, 0.29) is 5.84 Å². The highest BCUT2D eigenvalue weighted by Gasteiger charge is 2.17. The molecule has 74 valence electrons. The van der Waals surface area contributed by atoms with Crippen LogP contribution in [0.15, 0.2) is 12.1 Å². The molecule has 1 aromatic carbocycles. The third-order valence-electron chi connectivity index (χ3n) is 2.26. The van der Waals surface area contributed by atoms with E-state index in [0.717, 1.165) is 24.2 Å². The summed E-state index contributed by atoms with van der Waals surface area (Å²) in [4.78, 5) is 0. The molecule has 0 aliphatic carbocycles. The molecule has 1 heterocycles. The van der Waals surface area contributed by atoms with E-state index in [9.17, 15) is 0 Å². The Bertz CT molecular complexity index is 390. The zero-order valence-electron chi connectivity index (χ0n) is 7.64. The second-order valence-corrected chi connectivity index (χ2v) is 3.74. The normalized spacial score (nSPS) is 14.4. The van der Waals surface area contributed by atoms with E-state index < -0.39 is 0 Å². The lowest BCUT2D eigenvalue weighted by molar-refractivity contribution is 0.288. The summed E-state index contributed by atoms with van der Waals surface area (Å²) in [5.74, 6) is 0.735. The first kappa shape index (κ1) is 9.34. The number of aryl methyl sites for hydroxylation is 1. The number of hydrogen-bond acceptors (Lipinski definition) is 2. The van der Waals surface area contributed by atoms with Crippen molar-refractivity contribution in [1.29, 1.82) is 5.41 Å². The van der Waals surface area contributed by atoms with Crippen LogP contribution in [-0.4, -0.2) is 12.4 Å². The van der Waals surface area contributed by atoms with Crippen molar-refractivity contribution in [2.24, 2.45) is 5.73 Å². The fourth-order valence-electron chi connectivity index (χ4n) is 1.64. The van der Waals surface area contributed by atoms with Crippen LogP contribution >= 0.6 is 11.6 Å². The summed E-state index contributed by atoms with van der Waals surface area (Å²) in [6.45, 7) is 0.689. The summed E-state index contributed by atoms with van der Waals surface area (Å²) in [7, 11) is 0. The summed E-state index contributed by atoms with van der Waals surface area (Å²) in [6, 6.07) is 3.55. The minimum absolute atomic E-state index is 0.00523. The summed E-state index contributed by atoms with van der Waals surface area (Å²) in [5, 5.41) is 8.02. The fraction of sp³-hybridized carbons (Fsp3) is 0.300. The van der Waals surface area contributed by atoms with Gasteiger partial charge in [0.05, 0.1) is 12.2 Å². The smallest absolute Gasteiger partial charge is 0.133 e. The first-order valence-corrected chi connectivity index (χ1v) is 4.86. The van der Waals surface area contributed by atoms with Gasteiger partial charge in [-0.2, -0.15) is 0 Å². The minimum atomic E-state index is 0.00523. The highest BCUT2D eigenvalue weighted by atomic mass is 35.5. The number of rotatable bonds is 1. The zero-order chi connectivity index (χ0) is 10.1. The number of nitrogens with two attached hydrogens (primary N) is 1. The summed E-state index contributed by atoms with van der Waals surface area (Å²) < 4.78 is 5.49. The van der Waals surface area contributed by atoms with Crippen LogP contribution < -0.4 is 10.5 Å². The van der Waals surface area contributed by atoms with Crippen molar-refractivity contribution in [2.75, 3.05) is 6.61 Å². The summed E-state index contributed by atoms with van der Waals surface area (Å²) in [6.07, 6.45) is 1.93. The molecule has 0 aromatic heterocycles. The molecule has 0 saturated carbocycles. The average Bonchev–Trinajstić information content (AvgIpc) is 2.16. The van der Waals surface area contributed by atoms with Gasteiger partial charge in [-0.1, -0.05) is 11.6 Å². The van der Waals surface area contributed by atoms with Crippen molar-refractivity contribution in [2.45, 2.75) is 12.8 Å². The Morgan fingerprint density at radius 1 is 1.50 bits per heavy atom. The van der Waals surface area contributed by atoms with Crippen LogP contribution in [-0.2, 0) is 6.42 Å². The molecule has 2 rings (SSSR count).